The monoisotopic (exact) mass is 716 g/mol. The molecule has 2 unspecified atom stereocenters. The summed E-state index contributed by atoms with van der Waals surface area (Å²) in [6.45, 7) is 9.41. The molecule has 3 aliphatic carbocycles. The highest BCUT2D eigenvalue weighted by Crippen LogP contribution is 2.54. The van der Waals surface area contributed by atoms with E-state index in [1.807, 2.05) is 6.07 Å². The molecule has 0 saturated carbocycles. The van der Waals surface area contributed by atoms with E-state index in [9.17, 15) is 0 Å². The Labute approximate surface area is 329 Å². The highest BCUT2D eigenvalue weighted by molar-refractivity contribution is 6.13. The van der Waals surface area contributed by atoms with E-state index in [4.69, 9.17) is 9.97 Å². The van der Waals surface area contributed by atoms with Crippen molar-refractivity contribution in [3.8, 4) is 55.9 Å². The van der Waals surface area contributed by atoms with Crippen LogP contribution < -0.4 is 0 Å². The third-order valence-electron chi connectivity index (χ3n) is 13.0. The van der Waals surface area contributed by atoms with Crippen molar-refractivity contribution in [1.29, 1.82) is 0 Å². The van der Waals surface area contributed by atoms with Crippen molar-refractivity contribution in [2.24, 2.45) is 5.92 Å². The lowest BCUT2D eigenvalue weighted by atomic mass is 9.74. The van der Waals surface area contributed by atoms with Crippen molar-refractivity contribution in [1.82, 2.24) is 9.97 Å². The van der Waals surface area contributed by atoms with Crippen LogP contribution in [-0.2, 0) is 10.8 Å². The van der Waals surface area contributed by atoms with E-state index < -0.39 is 0 Å². The molecule has 2 nitrogen and oxygen atoms in total. The maximum atomic E-state index is 5.60. The third kappa shape index (κ3) is 4.77. The van der Waals surface area contributed by atoms with Crippen molar-refractivity contribution < 1.29 is 0 Å². The fourth-order valence-corrected chi connectivity index (χ4v) is 10.0. The van der Waals surface area contributed by atoms with E-state index in [2.05, 4.69) is 192 Å². The molecule has 0 saturated heterocycles. The normalized spacial score (nSPS) is 18.0. The van der Waals surface area contributed by atoms with Gasteiger partial charge >= 0.3 is 0 Å². The molecule has 6 aromatic carbocycles. The summed E-state index contributed by atoms with van der Waals surface area (Å²) in [5, 5.41) is 2.18. The van der Waals surface area contributed by atoms with E-state index in [0.717, 1.165) is 72.1 Å². The van der Waals surface area contributed by atoms with Gasteiger partial charge in [0, 0.05) is 38.8 Å². The summed E-state index contributed by atoms with van der Waals surface area (Å²) in [7, 11) is 0. The number of nitrogens with zero attached hydrogens (tertiary/aromatic N) is 2. The molecule has 0 amide bonds. The maximum absolute atomic E-state index is 5.60. The van der Waals surface area contributed by atoms with Crippen LogP contribution in [-0.4, -0.2) is 9.97 Å². The zero-order chi connectivity index (χ0) is 37.8. The second-order valence-corrected chi connectivity index (χ2v) is 16.8. The molecule has 11 rings (SSSR count). The number of hydrogen-bond donors (Lipinski definition) is 0. The smallest absolute Gasteiger partial charge is 0.0978 e. The van der Waals surface area contributed by atoms with Crippen LogP contribution >= 0.6 is 0 Å². The van der Waals surface area contributed by atoms with Gasteiger partial charge in [-0.3, -0.25) is 0 Å². The number of aromatic nitrogens is 2. The molecule has 266 valence electrons. The number of hydrogen-bond acceptors (Lipinski definition) is 2. The van der Waals surface area contributed by atoms with Gasteiger partial charge in [0.1, 0.15) is 0 Å². The molecule has 2 atom stereocenters. The van der Waals surface area contributed by atoms with Gasteiger partial charge in [0.15, 0.2) is 0 Å². The van der Waals surface area contributed by atoms with Crippen molar-refractivity contribution in [2.45, 2.75) is 44.4 Å². The van der Waals surface area contributed by atoms with Crippen molar-refractivity contribution in [3.63, 3.8) is 0 Å². The minimum Gasteiger partial charge on any atom is -0.245 e. The Morgan fingerprint density at radius 1 is 0.518 bits per heavy atom. The first kappa shape index (κ1) is 32.8. The van der Waals surface area contributed by atoms with Gasteiger partial charge in [-0.1, -0.05) is 161 Å². The molecular formula is C54H40N2. The average molecular weight is 717 g/mol. The van der Waals surface area contributed by atoms with Crippen molar-refractivity contribution in [3.05, 3.63) is 192 Å². The Bertz CT molecular complexity index is 2970. The Balaban J connectivity index is 1.17. The van der Waals surface area contributed by atoms with Crippen LogP contribution in [0.1, 0.15) is 55.9 Å². The van der Waals surface area contributed by atoms with E-state index in [1.54, 1.807) is 0 Å². The van der Waals surface area contributed by atoms with Gasteiger partial charge in [-0.05, 0) is 97.8 Å². The van der Waals surface area contributed by atoms with Crippen LogP contribution in [0, 0.1) is 18.1 Å². The maximum Gasteiger partial charge on any atom is 0.0978 e. The quantitative estimate of drug-likeness (QED) is 0.170. The number of fused-ring (bicyclic) bond motifs is 9. The summed E-state index contributed by atoms with van der Waals surface area (Å²) in [5.41, 5.74) is 18.2. The van der Waals surface area contributed by atoms with Crippen LogP contribution in [0.15, 0.2) is 158 Å². The molecule has 8 aromatic rings. The standard InChI is InChI=1S/C54H40N2/c1-53(2)45-21-13-11-19-37(45)39-25-23-35(29-47(39)53)49-31-43(33-15-7-5-8-16-33)41-27-28-42-44(34-17-9-6-10-18-34)32-50(56-52(42)51(41)55-49)36-24-26-40-38-20-12-14-22-46(38)54(3,4)48(40)30-36/h5-11,13-19,21-32,37,45H,1-4H3. The van der Waals surface area contributed by atoms with E-state index in [0.29, 0.717) is 11.8 Å². The topological polar surface area (TPSA) is 25.8 Å². The summed E-state index contributed by atoms with van der Waals surface area (Å²) in [4.78, 5) is 11.2. The molecule has 0 N–H and O–H groups in total. The molecule has 0 fully saturated rings. The fraction of sp³-hybridized carbons (Fsp3) is 0.148. The summed E-state index contributed by atoms with van der Waals surface area (Å²) in [6, 6.07) is 55.1. The minimum absolute atomic E-state index is 0.00615. The number of benzene rings is 5. The lowest BCUT2D eigenvalue weighted by Crippen LogP contribution is -2.24. The Morgan fingerprint density at radius 2 is 1.11 bits per heavy atom. The van der Waals surface area contributed by atoms with Crippen molar-refractivity contribution in [2.75, 3.05) is 0 Å². The first-order chi connectivity index (χ1) is 27.3. The van der Waals surface area contributed by atoms with Gasteiger partial charge in [0.05, 0.1) is 22.4 Å². The largest absolute Gasteiger partial charge is 0.245 e. The van der Waals surface area contributed by atoms with Gasteiger partial charge in [-0.15, -0.1) is 0 Å². The Morgan fingerprint density at radius 3 is 1.75 bits per heavy atom. The highest BCUT2D eigenvalue weighted by Gasteiger charge is 2.44. The lowest BCUT2D eigenvalue weighted by molar-refractivity contribution is 0.394. The summed E-state index contributed by atoms with van der Waals surface area (Å²) < 4.78 is 0. The van der Waals surface area contributed by atoms with E-state index in [1.165, 1.54) is 27.8 Å². The van der Waals surface area contributed by atoms with Gasteiger partial charge in [-0.2, -0.15) is 0 Å². The molecule has 0 aliphatic heterocycles. The Hall–Kier alpha value is -6.56. The predicted octanol–water partition coefficient (Wildman–Crippen LogP) is 13.5. The molecule has 56 heavy (non-hydrogen) atoms. The molecule has 2 aromatic heterocycles. The molecule has 0 radical (unpaired) electrons. The molecule has 2 heteroatoms. The van der Waals surface area contributed by atoms with E-state index >= 15 is 0 Å². The zero-order valence-corrected chi connectivity index (χ0v) is 32.1. The molecule has 0 spiro atoms. The lowest BCUT2D eigenvalue weighted by Gasteiger charge is -2.29. The van der Waals surface area contributed by atoms with E-state index in [-0.39, 0.29) is 10.8 Å². The van der Waals surface area contributed by atoms with Crippen LogP contribution in [0.2, 0.25) is 0 Å². The second kappa shape index (κ2) is 12.0. The number of rotatable bonds is 4. The molecular weight excluding hydrogens is 677 g/mol. The van der Waals surface area contributed by atoms with Gasteiger partial charge in [0.25, 0.3) is 0 Å². The molecule has 3 aliphatic rings. The van der Waals surface area contributed by atoms with Gasteiger partial charge in [-0.25, -0.2) is 9.97 Å². The molecule has 2 heterocycles. The Kier molecular flexibility index (Phi) is 7.02. The van der Waals surface area contributed by atoms with Gasteiger partial charge < -0.3 is 0 Å². The molecule has 0 bridgehead atoms. The fourth-order valence-electron chi connectivity index (χ4n) is 10.0. The van der Waals surface area contributed by atoms with Crippen LogP contribution in [0.5, 0.6) is 0 Å². The van der Waals surface area contributed by atoms with Crippen LogP contribution in [0.25, 0.3) is 77.7 Å². The summed E-state index contributed by atoms with van der Waals surface area (Å²) >= 11 is 0. The predicted molar refractivity (Wildman–Crippen MR) is 232 cm³/mol. The minimum atomic E-state index is -0.159. The SMILES string of the molecule is CC1(C)c2ccc#cc2-c2ccc(-c3cc(-c4ccccc4)c4ccc5c(-c6ccccc6)cc(-c6ccc7c(c6)C(C)(C)C6C=CC=CC76)nc5c4n3)cc21. The number of allylic oxidation sites excluding steroid dienone is 4. The first-order valence-electron chi connectivity index (χ1n) is 19.7. The number of pyridine rings is 2. The average Bonchev–Trinajstić information content (AvgIpc) is 3.62. The summed E-state index contributed by atoms with van der Waals surface area (Å²) in [6.07, 6.45) is 9.18. The third-order valence-corrected chi connectivity index (χ3v) is 13.0. The van der Waals surface area contributed by atoms with Crippen molar-refractivity contribution >= 4 is 21.8 Å². The zero-order valence-electron chi connectivity index (χ0n) is 32.1. The highest BCUT2D eigenvalue weighted by atomic mass is 14.8. The second-order valence-electron chi connectivity index (χ2n) is 16.8. The van der Waals surface area contributed by atoms with Crippen LogP contribution in [0.4, 0.5) is 0 Å². The first-order valence-corrected chi connectivity index (χ1v) is 19.7. The van der Waals surface area contributed by atoms with Crippen LogP contribution in [0.3, 0.4) is 0 Å². The summed E-state index contributed by atoms with van der Waals surface area (Å²) in [5.74, 6) is 0.850. The van der Waals surface area contributed by atoms with Gasteiger partial charge in [0.2, 0.25) is 0 Å².